The largest absolute Gasteiger partial charge is 0.481 e. The SMILES string of the molecule is CO/C(O)=C1/C=C(C#N)c2ccc(C(F)(F)F)cc21. The molecule has 3 nitrogen and oxygen atoms in total. The summed E-state index contributed by atoms with van der Waals surface area (Å²) in [6.45, 7) is 0. The summed E-state index contributed by atoms with van der Waals surface area (Å²) >= 11 is 0. The van der Waals surface area contributed by atoms with Gasteiger partial charge in [0.05, 0.1) is 29.9 Å². The van der Waals surface area contributed by atoms with E-state index < -0.39 is 17.7 Å². The summed E-state index contributed by atoms with van der Waals surface area (Å²) in [5.41, 5.74) is -0.123. The van der Waals surface area contributed by atoms with Crippen LogP contribution in [0.25, 0.3) is 11.1 Å². The van der Waals surface area contributed by atoms with E-state index in [0.29, 0.717) is 5.56 Å². The van der Waals surface area contributed by atoms with Crippen LogP contribution in [0.4, 0.5) is 13.2 Å². The molecule has 1 aliphatic carbocycles. The summed E-state index contributed by atoms with van der Waals surface area (Å²) in [7, 11) is 1.19. The molecule has 0 amide bonds. The number of methoxy groups -OCH3 is 1. The van der Waals surface area contributed by atoms with E-state index in [-0.39, 0.29) is 16.7 Å². The maximum absolute atomic E-state index is 12.7. The number of aliphatic hydroxyl groups excluding tert-OH is 1. The third kappa shape index (κ3) is 2.15. The molecule has 98 valence electrons. The summed E-state index contributed by atoms with van der Waals surface area (Å²) < 4.78 is 42.6. The second-order valence-electron chi connectivity index (χ2n) is 3.85. The molecule has 0 saturated carbocycles. The van der Waals surface area contributed by atoms with Gasteiger partial charge in [-0.25, -0.2) is 0 Å². The summed E-state index contributed by atoms with van der Waals surface area (Å²) in [5.74, 6) is -0.522. The van der Waals surface area contributed by atoms with Crippen molar-refractivity contribution in [1.29, 1.82) is 5.26 Å². The van der Waals surface area contributed by atoms with Crippen LogP contribution in [0.2, 0.25) is 0 Å². The fourth-order valence-corrected chi connectivity index (χ4v) is 1.86. The van der Waals surface area contributed by atoms with Crippen molar-refractivity contribution in [3.63, 3.8) is 0 Å². The predicted octanol–water partition coefficient (Wildman–Crippen LogP) is 3.50. The number of alkyl halides is 3. The quantitative estimate of drug-likeness (QED) is 0.792. The Hall–Kier alpha value is -2.42. The van der Waals surface area contributed by atoms with Crippen LogP contribution < -0.4 is 0 Å². The van der Waals surface area contributed by atoms with Gasteiger partial charge in [-0.05, 0) is 23.8 Å². The minimum Gasteiger partial charge on any atom is -0.481 e. The topological polar surface area (TPSA) is 53.2 Å². The van der Waals surface area contributed by atoms with Crippen LogP contribution in [0.5, 0.6) is 0 Å². The smallest absolute Gasteiger partial charge is 0.416 e. The molecule has 0 heterocycles. The van der Waals surface area contributed by atoms with Gasteiger partial charge in [-0.1, -0.05) is 6.07 Å². The van der Waals surface area contributed by atoms with E-state index in [4.69, 9.17) is 5.26 Å². The Bertz CT molecular complexity index is 636. The van der Waals surface area contributed by atoms with Crippen LogP contribution in [0, 0.1) is 11.3 Å². The third-order valence-electron chi connectivity index (χ3n) is 2.76. The summed E-state index contributed by atoms with van der Waals surface area (Å²) in [6.07, 6.45) is -3.19. The number of hydrogen-bond acceptors (Lipinski definition) is 3. The van der Waals surface area contributed by atoms with E-state index in [1.807, 2.05) is 6.07 Å². The molecule has 0 radical (unpaired) electrons. The van der Waals surface area contributed by atoms with Crippen molar-refractivity contribution in [3.8, 4) is 6.07 Å². The number of halogens is 3. The fraction of sp³-hybridized carbons (Fsp3) is 0.154. The molecule has 1 aliphatic rings. The molecule has 0 fully saturated rings. The molecule has 0 aliphatic heterocycles. The third-order valence-corrected chi connectivity index (χ3v) is 2.76. The second kappa shape index (κ2) is 4.35. The molecule has 0 bridgehead atoms. The van der Waals surface area contributed by atoms with E-state index in [1.165, 1.54) is 19.3 Å². The standard InChI is InChI=1S/C13H8F3NO2/c1-19-12(18)11-4-7(6-17)9-3-2-8(5-10(9)11)13(14,15)16/h2-5,18H,1H3/b12-11-. The number of benzene rings is 1. The molecule has 0 saturated heterocycles. The van der Waals surface area contributed by atoms with Crippen LogP contribution >= 0.6 is 0 Å². The normalized spacial score (nSPS) is 16.5. The van der Waals surface area contributed by atoms with Gasteiger partial charge in [-0.2, -0.15) is 18.4 Å². The monoisotopic (exact) mass is 267 g/mol. The molecule has 6 heteroatoms. The summed E-state index contributed by atoms with van der Waals surface area (Å²) in [5, 5.41) is 18.5. The zero-order valence-corrected chi connectivity index (χ0v) is 9.75. The lowest BCUT2D eigenvalue weighted by atomic mass is 10.0. The number of allylic oxidation sites excluding steroid dienone is 3. The van der Waals surface area contributed by atoms with E-state index in [1.54, 1.807) is 0 Å². The molecule has 2 rings (SSSR count). The number of fused-ring (bicyclic) bond motifs is 1. The maximum Gasteiger partial charge on any atom is 0.416 e. The van der Waals surface area contributed by atoms with Crippen molar-refractivity contribution in [2.24, 2.45) is 0 Å². The molecule has 0 aromatic heterocycles. The first-order valence-corrected chi connectivity index (χ1v) is 5.19. The first-order chi connectivity index (χ1) is 8.88. The lowest BCUT2D eigenvalue weighted by Gasteiger charge is -2.10. The first kappa shape index (κ1) is 13.0. The maximum atomic E-state index is 12.7. The Morgan fingerprint density at radius 2 is 2.00 bits per heavy atom. The molecular formula is C13H8F3NO2. The highest BCUT2D eigenvalue weighted by atomic mass is 19.4. The van der Waals surface area contributed by atoms with Gasteiger partial charge in [0.15, 0.2) is 0 Å². The number of ether oxygens (including phenoxy) is 1. The minimum absolute atomic E-state index is 0.0696. The van der Waals surface area contributed by atoms with Crippen LogP contribution in [0.15, 0.2) is 30.2 Å². The number of nitrogens with zero attached hydrogens (tertiary/aromatic N) is 1. The molecule has 19 heavy (non-hydrogen) atoms. The van der Waals surface area contributed by atoms with Crippen molar-refractivity contribution in [2.75, 3.05) is 7.11 Å². The number of nitriles is 1. The zero-order valence-electron chi connectivity index (χ0n) is 9.75. The Kier molecular flexibility index (Phi) is 2.98. The molecule has 0 unspecified atom stereocenters. The number of rotatable bonds is 1. The highest BCUT2D eigenvalue weighted by Gasteiger charge is 2.33. The first-order valence-electron chi connectivity index (χ1n) is 5.19. The molecule has 0 spiro atoms. The van der Waals surface area contributed by atoms with Gasteiger partial charge in [0.2, 0.25) is 0 Å². The average molecular weight is 267 g/mol. The lowest BCUT2D eigenvalue weighted by Crippen LogP contribution is -2.05. The van der Waals surface area contributed by atoms with Crippen LogP contribution in [0.3, 0.4) is 0 Å². The molecule has 1 aromatic carbocycles. The van der Waals surface area contributed by atoms with Crippen molar-refractivity contribution in [1.82, 2.24) is 0 Å². The average Bonchev–Trinajstić information content (AvgIpc) is 2.74. The molecule has 0 atom stereocenters. The Labute approximate surface area is 106 Å². The van der Waals surface area contributed by atoms with Gasteiger partial charge in [-0.3, -0.25) is 0 Å². The van der Waals surface area contributed by atoms with E-state index in [9.17, 15) is 18.3 Å². The highest BCUT2D eigenvalue weighted by Crippen LogP contribution is 2.40. The number of hydrogen-bond donors (Lipinski definition) is 1. The van der Waals surface area contributed by atoms with Crippen LogP contribution in [-0.4, -0.2) is 12.2 Å². The van der Waals surface area contributed by atoms with Crippen molar-refractivity contribution < 1.29 is 23.0 Å². The lowest BCUT2D eigenvalue weighted by molar-refractivity contribution is -0.137. The summed E-state index contributed by atoms with van der Waals surface area (Å²) in [6, 6.07) is 4.87. The summed E-state index contributed by atoms with van der Waals surface area (Å²) in [4.78, 5) is 0. The van der Waals surface area contributed by atoms with E-state index >= 15 is 0 Å². The van der Waals surface area contributed by atoms with E-state index in [0.717, 1.165) is 12.1 Å². The zero-order chi connectivity index (χ0) is 14.2. The Morgan fingerprint density at radius 3 is 2.53 bits per heavy atom. The molecule has 1 N–H and O–H groups in total. The Balaban J connectivity index is 2.67. The van der Waals surface area contributed by atoms with Gasteiger partial charge < -0.3 is 9.84 Å². The molecular weight excluding hydrogens is 259 g/mol. The van der Waals surface area contributed by atoms with Crippen molar-refractivity contribution in [2.45, 2.75) is 6.18 Å². The van der Waals surface area contributed by atoms with Crippen molar-refractivity contribution >= 4 is 11.1 Å². The van der Waals surface area contributed by atoms with Gasteiger partial charge >= 0.3 is 6.18 Å². The van der Waals surface area contributed by atoms with Crippen LogP contribution in [0.1, 0.15) is 16.7 Å². The fourth-order valence-electron chi connectivity index (χ4n) is 1.86. The Morgan fingerprint density at radius 1 is 1.32 bits per heavy atom. The second-order valence-corrected chi connectivity index (χ2v) is 3.85. The van der Waals surface area contributed by atoms with Gasteiger partial charge in [0.1, 0.15) is 0 Å². The minimum atomic E-state index is -4.49. The van der Waals surface area contributed by atoms with Gasteiger partial charge in [0.25, 0.3) is 5.95 Å². The predicted molar refractivity (Wildman–Crippen MR) is 61.6 cm³/mol. The van der Waals surface area contributed by atoms with Crippen molar-refractivity contribution in [3.05, 3.63) is 46.9 Å². The van der Waals surface area contributed by atoms with Gasteiger partial charge in [-0.15, -0.1) is 0 Å². The highest BCUT2D eigenvalue weighted by molar-refractivity contribution is 6.00. The van der Waals surface area contributed by atoms with Crippen LogP contribution in [-0.2, 0) is 10.9 Å². The van der Waals surface area contributed by atoms with E-state index in [2.05, 4.69) is 4.74 Å². The number of aliphatic hydroxyl groups is 1. The molecule has 1 aromatic rings. The van der Waals surface area contributed by atoms with Gasteiger partial charge in [0, 0.05) is 5.56 Å².